The van der Waals surface area contributed by atoms with Crippen molar-refractivity contribution in [2.75, 3.05) is 13.7 Å². The minimum Gasteiger partial charge on any atom is -0.497 e. The summed E-state index contributed by atoms with van der Waals surface area (Å²) in [5.74, 6) is 2.52. The monoisotopic (exact) mass is 490 g/mol. The van der Waals surface area contributed by atoms with Crippen LogP contribution in [0.3, 0.4) is 0 Å². The summed E-state index contributed by atoms with van der Waals surface area (Å²) in [6.07, 6.45) is 2.22. The van der Waals surface area contributed by atoms with E-state index in [0.29, 0.717) is 6.61 Å². The van der Waals surface area contributed by atoms with Crippen molar-refractivity contribution in [1.82, 2.24) is 5.01 Å². The number of hydrazone groups is 1. The van der Waals surface area contributed by atoms with Crippen LogP contribution in [0.2, 0.25) is 0 Å². The smallest absolute Gasteiger partial charge is 0.213 e. The second-order valence-electron chi connectivity index (χ2n) is 7.70. The van der Waals surface area contributed by atoms with Gasteiger partial charge in [-0.2, -0.15) is 5.10 Å². The molecule has 162 valence electrons. The van der Waals surface area contributed by atoms with E-state index in [9.17, 15) is 0 Å². The van der Waals surface area contributed by atoms with Crippen LogP contribution in [0, 0.1) is 0 Å². The largest absolute Gasteiger partial charge is 0.497 e. The molecule has 2 aliphatic heterocycles. The second-order valence-corrected chi connectivity index (χ2v) is 8.61. The van der Waals surface area contributed by atoms with Crippen molar-refractivity contribution in [3.8, 4) is 17.2 Å². The lowest BCUT2D eigenvalue weighted by molar-refractivity contribution is -0.0191. The lowest BCUT2D eigenvalue weighted by Gasteiger charge is -2.38. The van der Waals surface area contributed by atoms with Crippen molar-refractivity contribution in [2.45, 2.75) is 18.7 Å². The van der Waals surface area contributed by atoms with Gasteiger partial charge in [-0.15, -0.1) is 0 Å². The summed E-state index contributed by atoms with van der Waals surface area (Å²) in [6, 6.07) is 22.3. The summed E-state index contributed by atoms with van der Waals surface area (Å²) in [7, 11) is 1.67. The summed E-state index contributed by atoms with van der Waals surface area (Å²) >= 11 is 3.61. The van der Waals surface area contributed by atoms with E-state index in [1.54, 1.807) is 13.2 Å². The Labute approximate surface area is 196 Å². The molecule has 3 aromatic carbocycles. The molecule has 32 heavy (non-hydrogen) atoms. The molecule has 6 heteroatoms. The molecule has 0 bridgehead atoms. The van der Waals surface area contributed by atoms with Crippen molar-refractivity contribution < 1.29 is 14.2 Å². The van der Waals surface area contributed by atoms with Crippen LogP contribution in [-0.2, 0) is 0 Å². The standard InChI is InChI=1S/C26H23BrN2O3/c1-3-14-31-21-11-4-17(5-12-21)23-16-24-22-15-19(27)8-13-25(22)32-26(29(24)28-23)18-6-9-20(30-2)10-7-18/h3-13,15,24,26H,1,14,16H2,2H3. The van der Waals surface area contributed by atoms with Crippen molar-refractivity contribution in [1.29, 1.82) is 0 Å². The quantitative estimate of drug-likeness (QED) is 0.382. The summed E-state index contributed by atoms with van der Waals surface area (Å²) < 4.78 is 18.4. The lowest BCUT2D eigenvalue weighted by atomic mass is 9.96. The number of halogens is 1. The average Bonchev–Trinajstić information content (AvgIpc) is 3.28. The number of hydrogen-bond acceptors (Lipinski definition) is 5. The first-order valence-corrected chi connectivity index (χ1v) is 11.3. The topological polar surface area (TPSA) is 43.3 Å². The molecule has 2 aliphatic rings. The van der Waals surface area contributed by atoms with Crippen molar-refractivity contribution in [2.24, 2.45) is 5.10 Å². The van der Waals surface area contributed by atoms with Gasteiger partial charge in [0.1, 0.15) is 23.9 Å². The fourth-order valence-corrected chi connectivity index (χ4v) is 4.50. The minimum atomic E-state index is -0.313. The van der Waals surface area contributed by atoms with Gasteiger partial charge >= 0.3 is 0 Å². The Morgan fingerprint density at radius 2 is 1.84 bits per heavy atom. The highest BCUT2D eigenvalue weighted by Gasteiger charge is 2.41. The van der Waals surface area contributed by atoms with Crippen LogP contribution in [0.1, 0.15) is 35.4 Å². The first kappa shape index (κ1) is 20.6. The van der Waals surface area contributed by atoms with Crippen LogP contribution < -0.4 is 14.2 Å². The molecule has 5 rings (SSSR count). The molecule has 0 N–H and O–H groups in total. The van der Waals surface area contributed by atoms with Gasteiger partial charge in [0.2, 0.25) is 6.23 Å². The summed E-state index contributed by atoms with van der Waals surface area (Å²) in [5.41, 5.74) is 4.27. The maximum absolute atomic E-state index is 6.44. The van der Waals surface area contributed by atoms with E-state index in [1.165, 1.54) is 0 Å². The number of rotatable bonds is 6. The zero-order valence-corrected chi connectivity index (χ0v) is 19.3. The van der Waals surface area contributed by atoms with Gasteiger partial charge in [-0.1, -0.05) is 28.6 Å². The predicted octanol–water partition coefficient (Wildman–Crippen LogP) is 6.26. The van der Waals surface area contributed by atoms with Crippen molar-refractivity contribution in [3.63, 3.8) is 0 Å². The van der Waals surface area contributed by atoms with E-state index < -0.39 is 0 Å². The first-order chi connectivity index (χ1) is 15.7. The Kier molecular flexibility index (Phi) is 5.62. The summed E-state index contributed by atoms with van der Waals surface area (Å²) in [5, 5.41) is 7.10. The SMILES string of the molecule is C=CCOc1ccc(C2=NN3C(C2)c2cc(Br)ccc2OC3c2ccc(OC)cc2)cc1. The third-order valence-electron chi connectivity index (χ3n) is 5.71. The molecule has 2 unspecified atom stereocenters. The molecule has 3 aromatic rings. The number of hydrogen-bond donors (Lipinski definition) is 0. The average molecular weight is 491 g/mol. The first-order valence-electron chi connectivity index (χ1n) is 10.5. The van der Waals surface area contributed by atoms with Gasteiger partial charge < -0.3 is 14.2 Å². The molecular formula is C26H23BrN2O3. The molecule has 5 nitrogen and oxygen atoms in total. The molecule has 0 saturated carbocycles. The molecule has 2 atom stereocenters. The minimum absolute atomic E-state index is 0.0926. The molecule has 0 amide bonds. The highest BCUT2D eigenvalue weighted by atomic mass is 79.9. The highest BCUT2D eigenvalue weighted by molar-refractivity contribution is 9.10. The highest BCUT2D eigenvalue weighted by Crippen LogP contribution is 2.48. The van der Waals surface area contributed by atoms with E-state index in [1.807, 2.05) is 48.5 Å². The second kappa shape index (κ2) is 8.71. The molecule has 0 fully saturated rings. The van der Waals surface area contributed by atoms with E-state index in [2.05, 4.69) is 45.7 Å². The van der Waals surface area contributed by atoms with Gasteiger partial charge in [0.15, 0.2) is 0 Å². The predicted molar refractivity (Wildman–Crippen MR) is 128 cm³/mol. The molecule has 0 aromatic heterocycles. The van der Waals surface area contributed by atoms with E-state index in [-0.39, 0.29) is 12.3 Å². The van der Waals surface area contributed by atoms with Gasteiger partial charge in [0.25, 0.3) is 0 Å². The molecule has 0 saturated heterocycles. The molecule has 2 heterocycles. The number of nitrogens with zero attached hydrogens (tertiary/aromatic N) is 2. The maximum atomic E-state index is 6.44. The Bertz CT molecular complexity index is 1160. The van der Waals surface area contributed by atoms with Crippen LogP contribution >= 0.6 is 15.9 Å². The van der Waals surface area contributed by atoms with Gasteiger partial charge in [-0.3, -0.25) is 0 Å². The normalized spacial score (nSPS) is 18.8. The molecule has 0 spiro atoms. The van der Waals surface area contributed by atoms with Gasteiger partial charge in [-0.05, 0) is 72.3 Å². The maximum Gasteiger partial charge on any atom is 0.213 e. The van der Waals surface area contributed by atoms with Gasteiger partial charge in [0, 0.05) is 22.0 Å². The number of methoxy groups -OCH3 is 1. The fourth-order valence-electron chi connectivity index (χ4n) is 4.12. The van der Waals surface area contributed by atoms with Crippen LogP contribution in [0.15, 0.2) is 89.0 Å². The molecule has 0 aliphatic carbocycles. The number of benzene rings is 3. The van der Waals surface area contributed by atoms with Crippen LogP contribution in [0.5, 0.6) is 17.2 Å². The van der Waals surface area contributed by atoms with Crippen molar-refractivity contribution >= 4 is 21.6 Å². The number of fused-ring (bicyclic) bond motifs is 3. The third-order valence-corrected chi connectivity index (χ3v) is 6.20. The van der Waals surface area contributed by atoms with Crippen LogP contribution in [0.25, 0.3) is 0 Å². The van der Waals surface area contributed by atoms with Crippen LogP contribution in [0.4, 0.5) is 0 Å². The molecule has 0 radical (unpaired) electrons. The Morgan fingerprint density at radius 3 is 2.56 bits per heavy atom. The Balaban J connectivity index is 1.50. The van der Waals surface area contributed by atoms with E-state index >= 15 is 0 Å². The van der Waals surface area contributed by atoms with Gasteiger partial charge in [0.05, 0.1) is 18.9 Å². The third kappa shape index (κ3) is 3.86. The Morgan fingerprint density at radius 1 is 1.09 bits per heavy atom. The Hall–Kier alpha value is -3.25. The zero-order chi connectivity index (χ0) is 22.1. The zero-order valence-electron chi connectivity index (χ0n) is 17.7. The van der Waals surface area contributed by atoms with Crippen molar-refractivity contribution in [3.05, 3.63) is 101 Å². The molecular weight excluding hydrogens is 468 g/mol. The summed E-state index contributed by atoms with van der Waals surface area (Å²) in [6.45, 7) is 4.18. The van der Waals surface area contributed by atoms with E-state index in [0.717, 1.165) is 50.5 Å². The summed E-state index contributed by atoms with van der Waals surface area (Å²) in [4.78, 5) is 0. The van der Waals surface area contributed by atoms with Gasteiger partial charge in [-0.25, -0.2) is 5.01 Å². The number of ether oxygens (including phenoxy) is 3. The lowest BCUT2D eigenvalue weighted by Crippen LogP contribution is -2.33. The fraction of sp³-hybridized carbons (Fsp3) is 0.192. The van der Waals surface area contributed by atoms with Crippen LogP contribution in [-0.4, -0.2) is 24.4 Å². The van der Waals surface area contributed by atoms with E-state index in [4.69, 9.17) is 19.3 Å².